The minimum atomic E-state index is -0.803. The highest BCUT2D eigenvalue weighted by Gasteiger charge is 2.47. The van der Waals surface area contributed by atoms with Crippen molar-refractivity contribution >= 4 is 17.4 Å². The first-order chi connectivity index (χ1) is 15.0. The number of ketones is 1. The summed E-state index contributed by atoms with van der Waals surface area (Å²) in [5.74, 6) is -0.0299. The molecule has 160 valence electrons. The number of Topliss-reactive ketones (excluding diaryl/α,β-unsaturated/α-hetero) is 1. The predicted molar refractivity (Wildman–Crippen MR) is 112 cm³/mol. The molecular formula is C23H23N3O5. The Labute approximate surface area is 179 Å². The third-order valence-corrected chi connectivity index (χ3v) is 5.29. The number of rotatable bonds is 7. The summed E-state index contributed by atoms with van der Waals surface area (Å²) in [6, 6.07) is 9.42. The Kier molecular flexibility index (Phi) is 5.62. The number of furan rings is 1. The fourth-order valence-corrected chi connectivity index (χ4v) is 3.78. The molecule has 8 nitrogen and oxygen atoms in total. The van der Waals surface area contributed by atoms with E-state index in [9.17, 15) is 14.7 Å². The Morgan fingerprint density at radius 3 is 2.74 bits per heavy atom. The number of imidazole rings is 1. The highest BCUT2D eigenvalue weighted by molar-refractivity contribution is 6.46. The molecule has 4 rings (SSSR count). The summed E-state index contributed by atoms with van der Waals surface area (Å²) in [5.41, 5.74) is 0.402. The third-order valence-electron chi connectivity index (χ3n) is 5.29. The number of likely N-dealkylation sites (tertiary alicyclic amines) is 1. The van der Waals surface area contributed by atoms with Gasteiger partial charge in [-0.15, -0.1) is 0 Å². The smallest absolute Gasteiger partial charge is 0.295 e. The van der Waals surface area contributed by atoms with Crippen LogP contribution in [-0.4, -0.2) is 44.9 Å². The van der Waals surface area contributed by atoms with Gasteiger partial charge in [-0.3, -0.25) is 9.59 Å². The number of hydrogen-bond donors (Lipinski definition) is 1. The van der Waals surface area contributed by atoms with Gasteiger partial charge in [-0.1, -0.05) is 12.1 Å². The molecule has 1 aromatic carbocycles. The maximum absolute atomic E-state index is 13.0. The molecule has 3 aromatic rings. The van der Waals surface area contributed by atoms with Gasteiger partial charge < -0.3 is 23.7 Å². The maximum Gasteiger partial charge on any atom is 0.295 e. The SMILES string of the molecule is COc1cccc(/C(O)=C2\C(=O)C(=O)N(CCCn3ccnc3)C2c2ccc(C)o2)c1. The molecule has 1 aliphatic heterocycles. The summed E-state index contributed by atoms with van der Waals surface area (Å²) in [6.07, 6.45) is 5.83. The van der Waals surface area contributed by atoms with Crippen LogP contribution in [0.1, 0.15) is 29.5 Å². The molecular weight excluding hydrogens is 398 g/mol. The molecule has 2 aromatic heterocycles. The number of carbonyl (C=O) groups excluding carboxylic acids is 2. The molecule has 0 bridgehead atoms. The van der Waals surface area contributed by atoms with E-state index < -0.39 is 17.7 Å². The molecule has 1 atom stereocenters. The number of methoxy groups -OCH3 is 1. The second kappa shape index (κ2) is 8.51. The van der Waals surface area contributed by atoms with E-state index in [2.05, 4.69) is 4.98 Å². The van der Waals surface area contributed by atoms with E-state index in [1.165, 1.54) is 12.0 Å². The van der Waals surface area contributed by atoms with E-state index in [1.54, 1.807) is 55.8 Å². The van der Waals surface area contributed by atoms with E-state index in [-0.39, 0.29) is 11.3 Å². The van der Waals surface area contributed by atoms with Gasteiger partial charge in [0.1, 0.15) is 29.1 Å². The van der Waals surface area contributed by atoms with Crippen molar-refractivity contribution in [3.8, 4) is 5.75 Å². The molecule has 1 aliphatic rings. The Morgan fingerprint density at radius 1 is 1.23 bits per heavy atom. The molecule has 1 saturated heterocycles. The summed E-state index contributed by atoms with van der Waals surface area (Å²) < 4.78 is 12.9. The van der Waals surface area contributed by atoms with Crippen LogP contribution in [0.5, 0.6) is 5.75 Å². The van der Waals surface area contributed by atoms with Crippen LogP contribution in [0.25, 0.3) is 5.76 Å². The fourth-order valence-electron chi connectivity index (χ4n) is 3.78. The molecule has 1 fully saturated rings. The van der Waals surface area contributed by atoms with Crippen LogP contribution in [0.15, 0.2) is 65.1 Å². The van der Waals surface area contributed by atoms with Gasteiger partial charge in [0.05, 0.1) is 19.0 Å². The van der Waals surface area contributed by atoms with Gasteiger partial charge in [0.25, 0.3) is 11.7 Å². The first-order valence-corrected chi connectivity index (χ1v) is 9.94. The van der Waals surface area contributed by atoms with Gasteiger partial charge >= 0.3 is 0 Å². The van der Waals surface area contributed by atoms with Crippen LogP contribution in [0.4, 0.5) is 0 Å². The topological polar surface area (TPSA) is 97.8 Å². The lowest BCUT2D eigenvalue weighted by molar-refractivity contribution is -0.140. The van der Waals surface area contributed by atoms with Crippen LogP contribution in [0.3, 0.4) is 0 Å². The molecule has 1 amide bonds. The lowest BCUT2D eigenvalue weighted by Gasteiger charge is -2.23. The summed E-state index contributed by atoms with van der Waals surface area (Å²) in [4.78, 5) is 31.3. The molecule has 0 aliphatic carbocycles. The largest absolute Gasteiger partial charge is 0.507 e. The van der Waals surface area contributed by atoms with Crippen molar-refractivity contribution in [2.75, 3.05) is 13.7 Å². The standard InChI is InChI=1S/C23H23N3O5/c1-15-7-8-18(31-15)20-19(21(27)16-5-3-6-17(13-16)30-2)22(28)23(29)26(20)11-4-10-25-12-9-24-14-25/h3,5-9,12-14,20,27H,4,10-11H2,1-2H3/b21-19+. The zero-order chi connectivity index (χ0) is 22.0. The van der Waals surface area contributed by atoms with Crippen LogP contribution in [0, 0.1) is 6.92 Å². The van der Waals surface area contributed by atoms with Gasteiger partial charge in [-0.2, -0.15) is 0 Å². The summed E-state index contributed by atoms with van der Waals surface area (Å²) in [7, 11) is 1.52. The number of ether oxygens (including phenoxy) is 1. The Balaban J connectivity index is 1.72. The first-order valence-electron chi connectivity index (χ1n) is 9.94. The van der Waals surface area contributed by atoms with Gasteiger partial charge in [-0.05, 0) is 37.6 Å². The first kappa shape index (κ1) is 20.5. The lowest BCUT2D eigenvalue weighted by atomic mass is 9.99. The highest BCUT2D eigenvalue weighted by atomic mass is 16.5. The van der Waals surface area contributed by atoms with E-state index >= 15 is 0 Å². The average Bonchev–Trinajstić information content (AvgIpc) is 3.50. The number of benzene rings is 1. The lowest BCUT2D eigenvalue weighted by Crippen LogP contribution is -2.31. The molecule has 3 heterocycles. The number of aryl methyl sites for hydroxylation is 2. The summed E-state index contributed by atoms with van der Waals surface area (Å²) in [5, 5.41) is 11.0. The molecule has 1 N–H and O–H groups in total. The molecule has 0 saturated carbocycles. The summed E-state index contributed by atoms with van der Waals surface area (Å²) >= 11 is 0. The predicted octanol–water partition coefficient (Wildman–Crippen LogP) is 3.31. The number of nitrogens with zero attached hydrogens (tertiary/aromatic N) is 3. The molecule has 0 spiro atoms. The van der Waals surface area contributed by atoms with E-state index in [1.807, 2.05) is 10.8 Å². The second-order valence-electron chi connectivity index (χ2n) is 7.33. The molecule has 8 heteroatoms. The van der Waals surface area contributed by atoms with E-state index in [4.69, 9.17) is 9.15 Å². The Hall–Kier alpha value is -3.81. The number of hydrogen-bond acceptors (Lipinski definition) is 6. The van der Waals surface area contributed by atoms with E-state index in [0.29, 0.717) is 42.3 Å². The van der Waals surface area contributed by atoms with Crippen LogP contribution in [0.2, 0.25) is 0 Å². The number of aromatic nitrogens is 2. The van der Waals surface area contributed by atoms with Crippen LogP contribution in [-0.2, 0) is 16.1 Å². The van der Waals surface area contributed by atoms with Crippen molar-refractivity contribution in [1.82, 2.24) is 14.5 Å². The quantitative estimate of drug-likeness (QED) is 0.357. The van der Waals surface area contributed by atoms with Crippen molar-refractivity contribution in [2.45, 2.75) is 25.9 Å². The Bertz CT molecular complexity index is 1130. The maximum atomic E-state index is 13.0. The van der Waals surface area contributed by atoms with Crippen molar-refractivity contribution < 1.29 is 23.8 Å². The van der Waals surface area contributed by atoms with Crippen molar-refractivity contribution in [3.63, 3.8) is 0 Å². The minimum absolute atomic E-state index is 0.00948. The van der Waals surface area contributed by atoms with Gasteiger partial charge in [-0.25, -0.2) is 4.98 Å². The fraction of sp³-hybridized carbons (Fsp3) is 0.261. The summed E-state index contributed by atoms with van der Waals surface area (Å²) in [6.45, 7) is 2.75. The number of aliphatic hydroxyl groups excluding tert-OH is 1. The number of carbonyl (C=O) groups is 2. The van der Waals surface area contributed by atoms with Crippen molar-refractivity contribution in [1.29, 1.82) is 0 Å². The normalized spacial score (nSPS) is 18.0. The molecule has 0 radical (unpaired) electrons. The average molecular weight is 421 g/mol. The zero-order valence-corrected chi connectivity index (χ0v) is 17.3. The van der Waals surface area contributed by atoms with Crippen LogP contribution < -0.4 is 4.74 Å². The monoisotopic (exact) mass is 421 g/mol. The van der Waals surface area contributed by atoms with Crippen molar-refractivity contribution in [3.05, 3.63) is 77.8 Å². The van der Waals surface area contributed by atoms with E-state index in [0.717, 1.165) is 0 Å². The minimum Gasteiger partial charge on any atom is -0.507 e. The third kappa shape index (κ3) is 3.96. The van der Waals surface area contributed by atoms with Crippen LogP contribution >= 0.6 is 0 Å². The van der Waals surface area contributed by atoms with Crippen molar-refractivity contribution in [2.24, 2.45) is 0 Å². The van der Waals surface area contributed by atoms with Gasteiger partial charge in [0, 0.05) is 31.0 Å². The second-order valence-corrected chi connectivity index (χ2v) is 7.33. The number of amides is 1. The molecule has 31 heavy (non-hydrogen) atoms. The van der Waals surface area contributed by atoms with Gasteiger partial charge in [0.2, 0.25) is 0 Å². The van der Waals surface area contributed by atoms with Gasteiger partial charge in [0.15, 0.2) is 0 Å². The zero-order valence-electron chi connectivity index (χ0n) is 17.3. The highest BCUT2D eigenvalue weighted by Crippen LogP contribution is 2.40. The molecule has 1 unspecified atom stereocenters. The Morgan fingerprint density at radius 2 is 2.06 bits per heavy atom. The number of aliphatic hydroxyl groups is 1.